The number of thioether (sulfide) groups is 1. The van der Waals surface area contributed by atoms with Gasteiger partial charge in [0.2, 0.25) is 0 Å². The van der Waals surface area contributed by atoms with Gasteiger partial charge in [-0.3, -0.25) is 0 Å². The fourth-order valence-electron chi connectivity index (χ4n) is 4.49. The molecule has 0 radical (unpaired) electrons. The van der Waals surface area contributed by atoms with Crippen LogP contribution in [0.4, 0.5) is 5.69 Å². The van der Waals surface area contributed by atoms with E-state index in [9.17, 15) is 19.8 Å². The minimum absolute atomic E-state index is 0.268. The van der Waals surface area contributed by atoms with Crippen LogP contribution in [0.15, 0.2) is 90.6 Å². The molecule has 0 unspecified atom stereocenters. The summed E-state index contributed by atoms with van der Waals surface area (Å²) in [5.41, 5.74) is 4.46. The summed E-state index contributed by atoms with van der Waals surface area (Å²) in [6, 6.07) is 22.3. The molecular formula is C32H34N4O4S. The molecular weight excluding hydrogens is 536 g/mol. The molecule has 0 aliphatic carbocycles. The Morgan fingerprint density at radius 3 is 2.32 bits per heavy atom. The first-order valence-corrected chi connectivity index (χ1v) is 14.5. The van der Waals surface area contributed by atoms with Crippen molar-refractivity contribution in [2.24, 2.45) is 0 Å². The Balaban J connectivity index is 1.51. The molecule has 1 heterocycles. The van der Waals surface area contributed by atoms with E-state index >= 15 is 0 Å². The second-order valence-electron chi connectivity index (χ2n) is 9.68. The minimum Gasteiger partial charge on any atom is -0.478 e. The van der Waals surface area contributed by atoms with E-state index in [2.05, 4.69) is 57.4 Å². The molecule has 1 aromatic heterocycles. The van der Waals surface area contributed by atoms with Gasteiger partial charge in [0.25, 0.3) is 0 Å². The van der Waals surface area contributed by atoms with E-state index < -0.39 is 11.9 Å². The molecule has 41 heavy (non-hydrogen) atoms. The molecule has 9 heteroatoms. The van der Waals surface area contributed by atoms with E-state index in [1.54, 1.807) is 24.3 Å². The molecule has 212 valence electrons. The first-order chi connectivity index (χ1) is 19.9. The number of aromatic carboxylic acids is 2. The zero-order chi connectivity index (χ0) is 29.2. The van der Waals surface area contributed by atoms with Crippen LogP contribution in [0, 0.1) is 0 Å². The quantitative estimate of drug-likeness (QED) is 0.122. The van der Waals surface area contributed by atoms with Gasteiger partial charge < -0.3 is 19.7 Å². The average molecular weight is 571 g/mol. The number of hydrogen-bond acceptors (Lipinski definition) is 6. The van der Waals surface area contributed by atoms with Crippen molar-refractivity contribution in [3.8, 4) is 0 Å². The summed E-state index contributed by atoms with van der Waals surface area (Å²) in [6.45, 7) is 7.92. The average Bonchev–Trinajstić information content (AvgIpc) is 3.36. The van der Waals surface area contributed by atoms with E-state index in [0.717, 1.165) is 52.6 Å². The summed E-state index contributed by atoms with van der Waals surface area (Å²) in [5.74, 6) is -0.470. The number of nitrogens with zero attached hydrogens (tertiary/aromatic N) is 4. The largest absolute Gasteiger partial charge is 0.478 e. The molecule has 0 aliphatic heterocycles. The first-order valence-electron chi connectivity index (χ1n) is 13.5. The summed E-state index contributed by atoms with van der Waals surface area (Å²) < 4.78 is 2.13. The summed E-state index contributed by atoms with van der Waals surface area (Å²) in [5, 5.41) is 28.4. The summed E-state index contributed by atoms with van der Waals surface area (Å²) in [7, 11) is 0. The lowest BCUT2D eigenvalue weighted by Crippen LogP contribution is -2.22. The van der Waals surface area contributed by atoms with Gasteiger partial charge in [0.05, 0.1) is 17.7 Å². The van der Waals surface area contributed by atoms with Crippen molar-refractivity contribution in [3.05, 3.63) is 119 Å². The Bertz CT molecular complexity index is 1480. The third-order valence-electron chi connectivity index (χ3n) is 6.72. The van der Waals surface area contributed by atoms with Gasteiger partial charge in [-0.2, -0.15) is 0 Å². The maximum absolute atomic E-state index is 11.6. The van der Waals surface area contributed by atoms with Crippen molar-refractivity contribution < 1.29 is 19.8 Å². The summed E-state index contributed by atoms with van der Waals surface area (Å²) in [6.07, 6.45) is 4.73. The van der Waals surface area contributed by atoms with Gasteiger partial charge in [0, 0.05) is 31.0 Å². The van der Waals surface area contributed by atoms with Gasteiger partial charge in [-0.25, -0.2) is 9.59 Å². The lowest BCUT2D eigenvalue weighted by atomic mass is 10.1. The predicted octanol–water partition coefficient (Wildman–Crippen LogP) is 6.55. The van der Waals surface area contributed by atoms with Crippen molar-refractivity contribution in [2.45, 2.75) is 50.2 Å². The molecule has 4 aromatic rings. The van der Waals surface area contributed by atoms with Crippen molar-refractivity contribution in [3.63, 3.8) is 0 Å². The molecule has 4 rings (SSSR count). The van der Waals surface area contributed by atoms with E-state index in [1.165, 1.54) is 11.8 Å². The lowest BCUT2D eigenvalue weighted by molar-refractivity contribution is 0.0685. The second kappa shape index (κ2) is 14.3. The first kappa shape index (κ1) is 29.6. The van der Waals surface area contributed by atoms with Crippen LogP contribution in [-0.4, -0.2) is 43.5 Å². The van der Waals surface area contributed by atoms with Crippen LogP contribution in [0.1, 0.15) is 63.0 Å². The van der Waals surface area contributed by atoms with Gasteiger partial charge in [0.15, 0.2) is 5.16 Å². The van der Waals surface area contributed by atoms with Crippen LogP contribution in [0.5, 0.6) is 0 Å². The Hall–Kier alpha value is -4.37. The van der Waals surface area contributed by atoms with Crippen LogP contribution in [0.25, 0.3) is 0 Å². The fraction of sp³-hybridized carbons (Fsp3) is 0.250. The van der Waals surface area contributed by atoms with Crippen molar-refractivity contribution in [2.75, 3.05) is 11.4 Å². The van der Waals surface area contributed by atoms with Crippen LogP contribution < -0.4 is 4.90 Å². The molecule has 0 spiro atoms. The maximum atomic E-state index is 11.6. The van der Waals surface area contributed by atoms with Gasteiger partial charge >= 0.3 is 11.9 Å². The van der Waals surface area contributed by atoms with Crippen LogP contribution >= 0.6 is 11.8 Å². The molecule has 0 amide bonds. The Kier molecular flexibility index (Phi) is 10.3. The molecule has 0 aliphatic rings. The number of carboxylic acid groups (broad SMARTS) is 2. The molecule has 0 fully saturated rings. The molecule has 8 nitrogen and oxygen atoms in total. The van der Waals surface area contributed by atoms with Gasteiger partial charge in [0.1, 0.15) is 5.82 Å². The highest BCUT2D eigenvalue weighted by molar-refractivity contribution is 7.98. The molecule has 0 saturated carbocycles. The number of aryl methyl sites for hydroxylation is 1. The SMILES string of the molecule is C=CCN(Cc1ccc(C(=O)O)cc1)c1ccc(Cn2c(CCCC)nnc2SCc2ccccc2C(=O)O)cc1. The van der Waals surface area contributed by atoms with Gasteiger partial charge in [-0.1, -0.05) is 73.6 Å². The third kappa shape index (κ3) is 7.85. The van der Waals surface area contributed by atoms with Crippen LogP contribution in [0.2, 0.25) is 0 Å². The highest BCUT2D eigenvalue weighted by atomic mass is 32.2. The van der Waals surface area contributed by atoms with Crippen molar-refractivity contribution in [1.82, 2.24) is 14.8 Å². The normalized spacial score (nSPS) is 10.9. The van der Waals surface area contributed by atoms with Crippen LogP contribution in [-0.2, 0) is 25.3 Å². The molecule has 0 atom stereocenters. The monoisotopic (exact) mass is 570 g/mol. The molecule has 0 saturated heterocycles. The summed E-state index contributed by atoms with van der Waals surface area (Å²) >= 11 is 1.49. The number of aromatic nitrogens is 3. The standard InChI is InChI=1S/C32H34N4O4S/c1-3-5-10-29-33-34-32(41-22-26-8-6-7-9-28(26)31(39)40)36(29)21-24-13-17-27(18-14-24)35(19-4-2)20-23-11-15-25(16-12-23)30(37)38/h4,6-9,11-18H,2-3,5,10,19-22H2,1H3,(H,37,38)(H,39,40). The zero-order valence-electron chi connectivity index (χ0n) is 23.1. The topological polar surface area (TPSA) is 109 Å². The number of benzene rings is 3. The minimum atomic E-state index is -0.937. The van der Waals surface area contributed by atoms with Gasteiger partial charge in [-0.15, -0.1) is 16.8 Å². The third-order valence-corrected chi connectivity index (χ3v) is 7.73. The smallest absolute Gasteiger partial charge is 0.335 e. The lowest BCUT2D eigenvalue weighted by Gasteiger charge is -2.24. The Morgan fingerprint density at radius 1 is 0.951 bits per heavy atom. The fourth-order valence-corrected chi connectivity index (χ4v) is 5.45. The zero-order valence-corrected chi connectivity index (χ0v) is 23.9. The molecule has 3 aromatic carbocycles. The number of carboxylic acids is 2. The summed E-state index contributed by atoms with van der Waals surface area (Å²) in [4.78, 5) is 25.0. The number of carbonyl (C=O) groups is 2. The second-order valence-corrected chi connectivity index (χ2v) is 10.6. The number of anilines is 1. The number of unbranched alkanes of at least 4 members (excludes halogenated alkanes) is 1. The van der Waals surface area contributed by atoms with Crippen molar-refractivity contribution >= 4 is 29.4 Å². The Morgan fingerprint density at radius 2 is 1.66 bits per heavy atom. The van der Waals surface area contributed by atoms with E-state index in [0.29, 0.717) is 31.0 Å². The highest BCUT2D eigenvalue weighted by Gasteiger charge is 2.16. The molecule has 0 bridgehead atoms. The van der Waals surface area contributed by atoms with E-state index in [-0.39, 0.29) is 5.56 Å². The highest BCUT2D eigenvalue weighted by Crippen LogP contribution is 2.26. The number of hydrogen-bond donors (Lipinski definition) is 2. The van der Waals surface area contributed by atoms with Crippen molar-refractivity contribution in [1.29, 1.82) is 0 Å². The maximum Gasteiger partial charge on any atom is 0.335 e. The van der Waals surface area contributed by atoms with Gasteiger partial charge in [-0.05, 0) is 53.4 Å². The van der Waals surface area contributed by atoms with Crippen LogP contribution in [0.3, 0.4) is 0 Å². The van der Waals surface area contributed by atoms with E-state index in [4.69, 9.17) is 0 Å². The number of rotatable bonds is 15. The van der Waals surface area contributed by atoms with E-state index in [1.807, 2.05) is 30.3 Å². The molecule has 2 N–H and O–H groups in total. The Labute approximate surface area is 244 Å². The predicted molar refractivity (Wildman–Crippen MR) is 162 cm³/mol.